The van der Waals surface area contributed by atoms with Gasteiger partial charge in [-0.15, -0.1) is 0 Å². The lowest BCUT2D eigenvalue weighted by Gasteiger charge is -2.24. The molecule has 1 N–H and O–H groups in total. The van der Waals surface area contributed by atoms with Crippen LogP contribution in [0.2, 0.25) is 5.02 Å². The van der Waals surface area contributed by atoms with Gasteiger partial charge < -0.3 is 19.8 Å². The third kappa shape index (κ3) is 8.61. The smallest absolute Gasteiger partial charge is 0.475 e. The molecule has 3 heterocycles. The number of rotatable bonds is 6. The number of carbonyl (C=O) groups excluding carboxylic acids is 3. The zero-order valence-corrected chi connectivity index (χ0v) is 26.7. The molecule has 6 rings (SSSR count). The minimum atomic E-state index is -5.08. The molecule has 252 valence electrons. The van der Waals surface area contributed by atoms with Gasteiger partial charge in [-0.05, 0) is 85.1 Å². The Morgan fingerprint density at radius 2 is 1.29 bits per heavy atom. The van der Waals surface area contributed by atoms with Crippen molar-refractivity contribution in [3.63, 3.8) is 0 Å². The molecular formula is C35H34ClF3N4O5. The van der Waals surface area contributed by atoms with Crippen LogP contribution in [0, 0.1) is 0 Å². The molecule has 3 aromatic rings. The van der Waals surface area contributed by atoms with Crippen molar-refractivity contribution in [3.05, 3.63) is 112 Å². The van der Waals surface area contributed by atoms with Gasteiger partial charge in [0.15, 0.2) is 0 Å². The normalized spacial score (nSPS) is 16.3. The van der Waals surface area contributed by atoms with Crippen molar-refractivity contribution in [1.29, 1.82) is 0 Å². The number of hydrogen-bond donors (Lipinski definition) is 1. The first-order chi connectivity index (χ1) is 22.9. The van der Waals surface area contributed by atoms with Crippen LogP contribution < -0.4 is 4.90 Å². The van der Waals surface area contributed by atoms with Crippen LogP contribution in [0.4, 0.5) is 18.9 Å². The SMILES string of the molecule is O=C(O)C(F)(F)F.O=C(c1ccc(CN2C(=O)CN(C(=O)c3ccc(Cl)cc3)Cc3ccc(CN4CCCC4)cc32)cc1)N1CC=CC1. The fourth-order valence-electron chi connectivity index (χ4n) is 5.79. The Hall–Kier alpha value is -4.68. The summed E-state index contributed by atoms with van der Waals surface area (Å²) in [5, 5.41) is 7.68. The predicted octanol–water partition coefficient (Wildman–Crippen LogP) is 5.77. The monoisotopic (exact) mass is 682 g/mol. The number of halogens is 4. The summed E-state index contributed by atoms with van der Waals surface area (Å²) in [5.41, 5.74) is 4.96. The fourth-order valence-corrected chi connectivity index (χ4v) is 5.92. The van der Waals surface area contributed by atoms with Gasteiger partial charge in [0, 0.05) is 48.0 Å². The van der Waals surface area contributed by atoms with E-state index in [1.54, 1.807) is 39.0 Å². The lowest BCUT2D eigenvalue weighted by atomic mass is 10.1. The number of anilines is 1. The van der Waals surface area contributed by atoms with Crippen molar-refractivity contribution in [2.75, 3.05) is 37.6 Å². The third-order valence-corrected chi connectivity index (χ3v) is 8.55. The number of benzene rings is 3. The molecule has 0 unspecified atom stereocenters. The quantitative estimate of drug-likeness (QED) is 0.332. The highest BCUT2D eigenvalue weighted by molar-refractivity contribution is 6.30. The first-order valence-corrected chi connectivity index (χ1v) is 15.8. The van der Waals surface area contributed by atoms with Gasteiger partial charge in [0.1, 0.15) is 6.54 Å². The summed E-state index contributed by atoms with van der Waals surface area (Å²) in [5.74, 6) is -3.11. The minimum Gasteiger partial charge on any atom is -0.475 e. The molecule has 0 bridgehead atoms. The second-order valence-corrected chi connectivity index (χ2v) is 12.2. The molecule has 3 aliphatic rings. The average molecular weight is 683 g/mol. The standard InChI is InChI=1S/C33H33ClN4O3.C2HF3O2/c34-29-13-11-27(12-14-29)33(41)37-22-28-10-7-25(20-35-15-1-2-16-35)19-30(28)38(31(39)23-37)21-24-5-8-26(9-6-24)32(40)36-17-3-4-18-36;3-2(4,5)1(6)7/h3-14,19H,1-2,15-18,20-23H2;(H,6,7). The summed E-state index contributed by atoms with van der Waals surface area (Å²) in [6, 6.07) is 20.5. The number of likely N-dealkylation sites (tertiary alicyclic amines) is 1. The summed E-state index contributed by atoms with van der Waals surface area (Å²) in [4.78, 5) is 56.6. The Kier molecular flexibility index (Phi) is 10.9. The largest absolute Gasteiger partial charge is 0.490 e. The van der Waals surface area contributed by atoms with Crippen molar-refractivity contribution >= 4 is 41.0 Å². The molecule has 0 aliphatic carbocycles. The van der Waals surface area contributed by atoms with E-state index in [1.807, 2.05) is 36.4 Å². The summed E-state index contributed by atoms with van der Waals surface area (Å²) < 4.78 is 31.7. The number of carbonyl (C=O) groups is 4. The van der Waals surface area contributed by atoms with Crippen LogP contribution in [0.15, 0.2) is 78.9 Å². The van der Waals surface area contributed by atoms with E-state index in [9.17, 15) is 27.6 Å². The summed E-state index contributed by atoms with van der Waals surface area (Å²) >= 11 is 6.04. The van der Waals surface area contributed by atoms with Gasteiger partial charge in [-0.2, -0.15) is 13.2 Å². The molecule has 3 amide bonds. The van der Waals surface area contributed by atoms with Crippen molar-refractivity contribution < 1.29 is 37.5 Å². The molecule has 1 fully saturated rings. The molecule has 0 spiro atoms. The van der Waals surface area contributed by atoms with Gasteiger partial charge in [0.25, 0.3) is 11.8 Å². The highest BCUT2D eigenvalue weighted by Crippen LogP contribution is 2.31. The third-order valence-electron chi connectivity index (χ3n) is 8.30. The van der Waals surface area contributed by atoms with Crippen LogP contribution in [0.3, 0.4) is 0 Å². The van der Waals surface area contributed by atoms with Crippen LogP contribution in [0.1, 0.15) is 50.2 Å². The number of amides is 3. The first kappa shape index (κ1) is 34.6. The Morgan fingerprint density at radius 3 is 1.88 bits per heavy atom. The maximum Gasteiger partial charge on any atom is 0.490 e. The van der Waals surface area contributed by atoms with E-state index in [2.05, 4.69) is 23.1 Å². The van der Waals surface area contributed by atoms with E-state index in [-0.39, 0.29) is 24.3 Å². The van der Waals surface area contributed by atoms with E-state index in [4.69, 9.17) is 21.5 Å². The summed E-state index contributed by atoms with van der Waals surface area (Å²) in [7, 11) is 0. The molecule has 0 atom stereocenters. The van der Waals surface area contributed by atoms with Crippen LogP contribution in [0.25, 0.3) is 0 Å². The van der Waals surface area contributed by atoms with Crippen LogP contribution in [0.5, 0.6) is 0 Å². The van der Waals surface area contributed by atoms with Crippen molar-refractivity contribution in [2.45, 2.75) is 38.7 Å². The zero-order valence-electron chi connectivity index (χ0n) is 26.0. The molecule has 1 saturated heterocycles. The summed E-state index contributed by atoms with van der Waals surface area (Å²) in [6.07, 6.45) is 1.33. The lowest BCUT2D eigenvalue weighted by Crippen LogP contribution is -2.39. The van der Waals surface area contributed by atoms with Gasteiger partial charge in [0.2, 0.25) is 5.91 Å². The van der Waals surface area contributed by atoms with E-state index in [0.717, 1.165) is 42.0 Å². The number of carboxylic acid groups (broad SMARTS) is 1. The predicted molar refractivity (Wildman–Crippen MR) is 174 cm³/mol. The highest BCUT2D eigenvalue weighted by Gasteiger charge is 2.38. The van der Waals surface area contributed by atoms with E-state index >= 15 is 0 Å². The average Bonchev–Trinajstić information content (AvgIpc) is 3.77. The van der Waals surface area contributed by atoms with Gasteiger partial charge in [-0.3, -0.25) is 19.3 Å². The van der Waals surface area contributed by atoms with Crippen LogP contribution >= 0.6 is 11.6 Å². The maximum absolute atomic E-state index is 13.8. The number of hydrogen-bond acceptors (Lipinski definition) is 5. The van der Waals surface area contributed by atoms with Crippen molar-refractivity contribution in [3.8, 4) is 0 Å². The number of carboxylic acids is 1. The Morgan fingerprint density at radius 1 is 0.750 bits per heavy atom. The number of nitrogens with zero attached hydrogens (tertiary/aromatic N) is 4. The number of alkyl halides is 3. The Bertz CT molecular complexity index is 1680. The molecule has 13 heteroatoms. The summed E-state index contributed by atoms with van der Waals surface area (Å²) in [6.45, 7) is 4.92. The van der Waals surface area contributed by atoms with Crippen molar-refractivity contribution in [1.82, 2.24) is 14.7 Å². The minimum absolute atomic E-state index is 0.000604. The molecule has 9 nitrogen and oxygen atoms in total. The van der Waals surface area contributed by atoms with E-state index in [1.165, 1.54) is 12.8 Å². The molecular weight excluding hydrogens is 649 g/mol. The van der Waals surface area contributed by atoms with Gasteiger partial charge in [-0.1, -0.05) is 48.0 Å². The fraction of sp³-hybridized carbons (Fsp3) is 0.314. The van der Waals surface area contributed by atoms with Gasteiger partial charge >= 0.3 is 12.1 Å². The van der Waals surface area contributed by atoms with E-state index in [0.29, 0.717) is 42.3 Å². The number of fused-ring (bicyclic) bond motifs is 1. The lowest BCUT2D eigenvalue weighted by molar-refractivity contribution is -0.192. The zero-order chi connectivity index (χ0) is 34.4. The molecule has 48 heavy (non-hydrogen) atoms. The Labute approximate surface area is 280 Å². The maximum atomic E-state index is 13.8. The molecule has 0 radical (unpaired) electrons. The molecule has 0 saturated carbocycles. The second-order valence-electron chi connectivity index (χ2n) is 11.8. The van der Waals surface area contributed by atoms with Gasteiger partial charge in [-0.25, -0.2) is 4.79 Å². The first-order valence-electron chi connectivity index (χ1n) is 15.4. The second kappa shape index (κ2) is 15.0. The molecule has 0 aromatic heterocycles. The Balaban J connectivity index is 0.000000582. The van der Waals surface area contributed by atoms with Crippen molar-refractivity contribution in [2.24, 2.45) is 0 Å². The van der Waals surface area contributed by atoms with E-state index < -0.39 is 12.1 Å². The van der Waals surface area contributed by atoms with Gasteiger partial charge in [0.05, 0.1) is 6.54 Å². The molecule has 3 aromatic carbocycles. The number of aliphatic carboxylic acids is 1. The van der Waals surface area contributed by atoms with Crippen LogP contribution in [-0.4, -0.2) is 82.4 Å². The molecule has 3 aliphatic heterocycles. The topological polar surface area (TPSA) is 101 Å². The highest BCUT2D eigenvalue weighted by atomic mass is 35.5. The van der Waals surface area contributed by atoms with Crippen LogP contribution in [-0.2, 0) is 29.2 Å².